The molecule has 0 fully saturated rings. The molecule has 1 aromatic carbocycles. The lowest BCUT2D eigenvalue weighted by Crippen LogP contribution is -2.17. The van der Waals surface area contributed by atoms with Gasteiger partial charge in [-0.15, -0.1) is 0 Å². The van der Waals surface area contributed by atoms with Crippen LogP contribution < -0.4 is 5.73 Å². The molecule has 96 valence electrons. The summed E-state index contributed by atoms with van der Waals surface area (Å²) in [4.78, 5) is 0. The van der Waals surface area contributed by atoms with E-state index in [9.17, 15) is 0 Å². The quantitative estimate of drug-likeness (QED) is 0.922. The summed E-state index contributed by atoms with van der Waals surface area (Å²) in [6, 6.07) is 9.86. The highest BCUT2D eigenvalue weighted by atomic mass is 35.5. The first-order chi connectivity index (χ1) is 8.60. The average molecular weight is 264 g/mol. The van der Waals surface area contributed by atoms with Gasteiger partial charge in [-0.1, -0.05) is 30.7 Å². The van der Waals surface area contributed by atoms with Crippen molar-refractivity contribution in [1.29, 1.82) is 0 Å². The van der Waals surface area contributed by atoms with Gasteiger partial charge in [-0.2, -0.15) is 5.10 Å². The van der Waals surface area contributed by atoms with Crippen molar-refractivity contribution in [2.24, 2.45) is 12.8 Å². The number of aryl methyl sites for hydroxylation is 2. The molecule has 0 radical (unpaired) electrons. The van der Waals surface area contributed by atoms with Gasteiger partial charge in [-0.25, -0.2) is 0 Å². The summed E-state index contributed by atoms with van der Waals surface area (Å²) in [7, 11) is 1.94. The minimum atomic E-state index is -0.0380. The maximum Gasteiger partial charge on any atom is 0.0625 e. The predicted molar refractivity (Wildman–Crippen MR) is 74.7 cm³/mol. The molecule has 0 bridgehead atoms. The topological polar surface area (TPSA) is 43.8 Å². The number of nitrogens with two attached hydrogens (primary N) is 1. The van der Waals surface area contributed by atoms with Crippen molar-refractivity contribution < 1.29 is 0 Å². The molecule has 3 nitrogen and oxygen atoms in total. The van der Waals surface area contributed by atoms with Crippen molar-refractivity contribution in [3.8, 4) is 0 Å². The van der Waals surface area contributed by atoms with E-state index in [2.05, 4.69) is 18.1 Å². The second-order valence-corrected chi connectivity index (χ2v) is 4.91. The number of benzene rings is 1. The van der Waals surface area contributed by atoms with Gasteiger partial charge < -0.3 is 5.73 Å². The Labute approximate surface area is 113 Å². The second kappa shape index (κ2) is 5.55. The van der Waals surface area contributed by atoms with Crippen LogP contribution in [0.25, 0.3) is 0 Å². The summed E-state index contributed by atoms with van der Waals surface area (Å²) in [5, 5.41) is 5.17. The fraction of sp³-hybridized carbons (Fsp3) is 0.357. The average Bonchev–Trinajstić information content (AvgIpc) is 2.73. The molecule has 0 amide bonds. The molecule has 2 aromatic rings. The SMILES string of the molecule is CCc1cc(C(N)Cc2ccc(Cl)cc2)n(C)n1. The Bertz CT molecular complexity index is 516. The van der Waals surface area contributed by atoms with Crippen molar-refractivity contribution >= 4 is 11.6 Å². The maximum absolute atomic E-state index is 6.24. The highest BCUT2D eigenvalue weighted by molar-refractivity contribution is 6.30. The van der Waals surface area contributed by atoms with Crippen molar-refractivity contribution in [3.63, 3.8) is 0 Å². The minimum absolute atomic E-state index is 0.0380. The molecule has 1 unspecified atom stereocenters. The molecule has 1 heterocycles. The van der Waals surface area contributed by atoms with E-state index in [1.807, 2.05) is 36.0 Å². The summed E-state index contributed by atoms with van der Waals surface area (Å²) in [5.41, 5.74) is 9.58. The molecule has 4 heteroatoms. The van der Waals surface area contributed by atoms with Gasteiger partial charge in [0.15, 0.2) is 0 Å². The Hall–Kier alpha value is -1.32. The van der Waals surface area contributed by atoms with E-state index < -0.39 is 0 Å². The molecule has 1 atom stereocenters. The third-order valence-corrected chi connectivity index (χ3v) is 3.33. The molecule has 1 aromatic heterocycles. The van der Waals surface area contributed by atoms with Crippen LogP contribution in [-0.2, 0) is 19.9 Å². The molecule has 2 rings (SSSR count). The lowest BCUT2D eigenvalue weighted by Gasteiger charge is -2.12. The van der Waals surface area contributed by atoms with Crippen LogP contribution in [0.1, 0.15) is 29.9 Å². The van der Waals surface area contributed by atoms with Crippen LogP contribution >= 0.6 is 11.6 Å². The van der Waals surface area contributed by atoms with E-state index in [4.69, 9.17) is 17.3 Å². The van der Waals surface area contributed by atoms with Gasteiger partial charge in [0.05, 0.1) is 17.4 Å². The first-order valence-corrected chi connectivity index (χ1v) is 6.50. The zero-order valence-corrected chi connectivity index (χ0v) is 11.5. The number of nitrogens with zero attached hydrogens (tertiary/aromatic N) is 2. The van der Waals surface area contributed by atoms with E-state index in [0.29, 0.717) is 0 Å². The van der Waals surface area contributed by atoms with Crippen molar-refractivity contribution in [2.75, 3.05) is 0 Å². The van der Waals surface area contributed by atoms with E-state index in [1.54, 1.807) is 0 Å². The lowest BCUT2D eigenvalue weighted by molar-refractivity contribution is 0.614. The molecule has 0 saturated carbocycles. The monoisotopic (exact) mass is 263 g/mol. The van der Waals surface area contributed by atoms with Gasteiger partial charge in [-0.3, -0.25) is 4.68 Å². The standard InChI is InChI=1S/C14H18ClN3/c1-3-12-9-14(18(2)17-12)13(16)8-10-4-6-11(15)7-5-10/h4-7,9,13H,3,8,16H2,1-2H3. The summed E-state index contributed by atoms with van der Waals surface area (Å²) in [6.07, 6.45) is 1.72. The molecule has 2 N–H and O–H groups in total. The molecular formula is C14H18ClN3. The molecule has 0 aliphatic carbocycles. The highest BCUT2D eigenvalue weighted by Crippen LogP contribution is 2.18. The van der Waals surface area contributed by atoms with E-state index in [0.717, 1.165) is 29.3 Å². The summed E-state index contributed by atoms with van der Waals surface area (Å²) in [5.74, 6) is 0. The van der Waals surface area contributed by atoms with Crippen LogP contribution in [0.3, 0.4) is 0 Å². The highest BCUT2D eigenvalue weighted by Gasteiger charge is 2.13. The largest absolute Gasteiger partial charge is 0.322 e. The van der Waals surface area contributed by atoms with Crippen molar-refractivity contribution in [2.45, 2.75) is 25.8 Å². The smallest absolute Gasteiger partial charge is 0.0625 e. The zero-order valence-electron chi connectivity index (χ0n) is 10.7. The number of rotatable bonds is 4. The molecule has 0 aliphatic heterocycles. The molecule has 0 saturated heterocycles. The van der Waals surface area contributed by atoms with Crippen molar-refractivity contribution in [3.05, 3.63) is 52.3 Å². The number of aromatic nitrogens is 2. The maximum atomic E-state index is 6.24. The Balaban J connectivity index is 2.13. The molecule has 0 spiro atoms. The Kier molecular flexibility index (Phi) is 4.04. The number of halogens is 1. The van der Waals surface area contributed by atoms with Gasteiger partial charge >= 0.3 is 0 Å². The van der Waals surface area contributed by atoms with Crippen LogP contribution in [0.4, 0.5) is 0 Å². The van der Waals surface area contributed by atoms with Crippen molar-refractivity contribution in [1.82, 2.24) is 9.78 Å². The van der Waals surface area contributed by atoms with E-state index in [1.165, 1.54) is 5.56 Å². The van der Waals surface area contributed by atoms with Gasteiger partial charge in [0.1, 0.15) is 0 Å². The van der Waals surface area contributed by atoms with Gasteiger partial charge in [-0.05, 0) is 36.6 Å². The van der Waals surface area contributed by atoms with Gasteiger partial charge in [0.2, 0.25) is 0 Å². The number of hydrogen-bond acceptors (Lipinski definition) is 2. The first kappa shape index (κ1) is 13.1. The van der Waals surface area contributed by atoms with E-state index >= 15 is 0 Å². The zero-order chi connectivity index (χ0) is 13.1. The minimum Gasteiger partial charge on any atom is -0.322 e. The Morgan fingerprint density at radius 2 is 2.00 bits per heavy atom. The van der Waals surface area contributed by atoms with E-state index in [-0.39, 0.29) is 6.04 Å². The van der Waals surface area contributed by atoms with Gasteiger partial charge in [0, 0.05) is 12.1 Å². The summed E-state index contributed by atoms with van der Waals surface area (Å²) < 4.78 is 1.87. The first-order valence-electron chi connectivity index (χ1n) is 6.13. The predicted octanol–water partition coefficient (Wildman–Crippen LogP) is 2.88. The van der Waals surface area contributed by atoms with Gasteiger partial charge in [0.25, 0.3) is 0 Å². The third-order valence-electron chi connectivity index (χ3n) is 3.08. The van der Waals surface area contributed by atoms with Crippen LogP contribution in [-0.4, -0.2) is 9.78 Å². The number of hydrogen-bond donors (Lipinski definition) is 1. The molecular weight excluding hydrogens is 246 g/mol. The molecule has 18 heavy (non-hydrogen) atoms. The van der Waals surface area contributed by atoms with Crippen LogP contribution in [0.5, 0.6) is 0 Å². The van der Waals surface area contributed by atoms with Crippen LogP contribution in [0, 0.1) is 0 Å². The van der Waals surface area contributed by atoms with Crippen LogP contribution in [0.2, 0.25) is 5.02 Å². The third kappa shape index (κ3) is 2.92. The lowest BCUT2D eigenvalue weighted by atomic mass is 10.0. The second-order valence-electron chi connectivity index (χ2n) is 4.47. The fourth-order valence-corrected chi connectivity index (χ4v) is 2.17. The normalized spacial score (nSPS) is 12.7. The fourth-order valence-electron chi connectivity index (χ4n) is 2.04. The summed E-state index contributed by atoms with van der Waals surface area (Å²) in [6.45, 7) is 2.09. The Morgan fingerprint density at radius 1 is 1.33 bits per heavy atom. The Morgan fingerprint density at radius 3 is 2.56 bits per heavy atom. The van der Waals surface area contributed by atoms with Crippen LogP contribution in [0.15, 0.2) is 30.3 Å². The molecule has 0 aliphatic rings. The summed E-state index contributed by atoms with van der Waals surface area (Å²) >= 11 is 5.87.